The second kappa shape index (κ2) is 11.3. The molecule has 212 valence electrons. The first-order chi connectivity index (χ1) is 19.2. The molecule has 1 saturated heterocycles. The molecule has 3 unspecified atom stereocenters. The molecule has 2 aliphatic rings. The number of nitrogens with zero attached hydrogens (tertiary/aromatic N) is 2. The summed E-state index contributed by atoms with van der Waals surface area (Å²) in [5, 5.41) is 2.21. The largest absolute Gasteiger partial charge is 0.427 e. The fourth-order valence-electron chi connectivity index (χ4n) is 7.24. The average Bonchev–Trinajstić information content (AvgIpc) is 2.94. The highest BCUT2D eigenvalue weighted by atomic mass is 16.5. The van der Waals surface area contributed by atoms with Crippen molar-refractivity contribution in [1.29, 1.82) is 0 Å². The van der Waals surface area contributed by atoms with E-state index in [0.717, 1.165) is 60.7 Å². The number of amides is 1. The van der Waals surface area contributed by atoms with Crippen LogP contribution in [0.5, 0.6) is 5.75 Å². The zero-order valence-corrected chi connectivity index (χ0v) is 24.5. The molecule has 0 bridgehead atoms. The van der Waals surface area contributed by atoms with Gasteiger partial charge in [0.25, 0.3) is 5.91 Å². The Labute approximate surface area is 238 Å². The third-order valence-corrected chi connectivity index (χ3v) is 9.08. The van der Waals surface area contributed by atoms with E-state index in [1.807, 2.05) is 55.6 Å². The number of fused-ring (bicyclic) bond motifs is 2. The highest BCUT2D eigenvalue weighted by molar-refractivity contribution is 5.98. The minimum atomic E-state index is -0.402. The van der Waals surface area contributed by atoms with Crippen LogP contribution in [-0.4, -0.2) is 67.1 Å². The fourth-order valence-corrected chi connectivity index (χ4v) is 7.24. The molecule has 6 heteroatoms. The van der Waals surface area contributed by atoms with Crippen molar-refractivity contribution in [3.8, 4) is 5.75 Å². The molecular formula is C34H42N2O4. The van der Waals surface area contributed by atoms with E-state index in [9.17, 15) is 9.59 Å². The fraction of sp³-hybridized carbons (Fsp3) is 0.471. The van der Waals surface area contributed by atoms with Gasteiger partial charge in [-0.1, -0.05) is 56.3 Å². The van der Waals surface area contributed by atoms with Gasteiger partial charge in [0, 0.05) is 44.1 Å². The van der Waals surface area contributed by atoms with Crippen LogP contribution >= 0.6 is 0 Å². The van der Waals surface area contributed by atoms with Crippen LogP contribution < -0.4 is 4.74 Å². The molecule has 1 heterocycles. The van der Waals surface area contributed by atoms with Gasteiger partial charge >= 0.3 is 5.97 Å². The van der Waals surface area contributed by atoms with Gasteiger partial charge in [-0.3, -0.25) is 9.59 Å². The lowest BCUT2D eigenvalue weighted by atomic mass is 9.55. The second-order valence-corrected chi connectivity index (χ2v) is 12.2. The molecule has 0 aromatic heterocycles. The van der Waals surface area contributed by atoms with E-state index < -0.39 is 5.60 Å². The van der Waals surface area contributed by atoms with Crippen LogP contribution in [0, 0.1) is 5.92 Å². The standard InChI is InChI=1S/C34H42N2O4/c1-24(2)22-36(32(38)28-14-13-26-9-6-7-10-27(26)19-28)30-15-16-34(39-5)23-35(4)18-17-33(34,21-30)29-11-8-12-31(20-29)40-25(3)37/h6-14,19-20,24,30H,15-18,21-23H2,1-5H3. The van der Waals surface area contributed by atoms with Crippen molar-refractivity contribution in [3.63, 3.8) is 0 Å². The van der Waals surface area contributed by atoms with E-state index in [1.54, 1.807) is 0 Å². The maximum atomic E-state index is 14.2. The van der Waals surface area contributed by atoms with Crippen LogP contribution in [0.4, 0.5) is 0 Å². The summed E-state index contributed by atoms with van der Waals surface area (Å²) in [6.07, 6.45) is 3.41. The van der Waals surface area contributed by atoms with Gasteiger partial charge in [-0.15, -0.1) is 0 Å². The third kappa shape index (κ3) is 5.27. The number of ether oxygens (including phenoxy) is 2. The predicted octanol–water partition coefficient (Wildman–Crippen LogP) is 6.07. The summed E-state index contributed by atoms with van der Waals surface area (Å²) < 4.78 is 12.0. The quantitative estimate of drug-likeness (QED) is 0.268. The Kier molecular flexibility index (Phi) is 8.03. The number of likely N-dealkylation sites (tertiary alicyclic amines) is 1. The molecule has 3 aromatic carbocycles. The number of hydrogen-bond acceptors (Lipinski definition) is 5. The van der Waals surface area contributed by atoms with Crippen molar-refractivity contribution in [3.05, 3.63) is 77.9 Å². The van der Waals surface area contributed by atoms with Gasteiger partial charge in [0.15, 0.2) is 0 Å². The summed E-state index contributed by atoms with van der Waals surface area (Å²) in [5.74, 6) is 0.642. The lowest BCUT2D eigenvalue weighted by Crippen LogP contribution is -2.67. The van der Waals surface area contributed by atoms with Crippen LogP contribution in [0.1, 0.15) is 62.4 Å². The Bertz CT molecular complexity index is 1390. The number of rotatable bonds is 7. The van der Waals surface area contributed by atoms with Gasteiger partial charge in [0.2, 0.25) is 0 Å². The number of piperidine rings is 1. The minimum absolute atomic E-state index is 0.0606. The summed E-state index contributed by atoms with van der Waals surface area (Å²) >= 11 is 0. The maximum Gasteiger partial charge on any atom is 0.308 e. The van der Waals surface area contributed by atoms with Crippen molar-refractivity contribution in [2.45, 2.75) is 63.5 Å². The van der Waals surface area contributed by atoms with Crippen LogP contribution in [-0.2, 0) is 14.9 Å². The number of hydrogen-bond donors (Lipinski definition) is 0. The summed E-state index contributed by atoms with van der Waals surface area (Å²) in [7, 11) is 3.98. The zero-order valence-electron chi connectivity index (χ0n) is 24.5. The molecular weight excluding hydrogens is 500 g/mol. The van der Waals surface area contributed by atoms with Crippen molar-refractivity contribution in [2.24, 2.45) is 5.92 Å². The summed E-state index contributed by atoms with van der Waals surface area (Å²) in [5.41, 5.74) is 1.12. The van der Waals surface area contributed by atoms with E-state index in [0.29, 0.717) is 18.2 Å². The second-order valence-electron chi connectivity index (χ2n) is 12.2. The third-order valence-electron chi connectivity index (χ3n) is 9.08. The Morgan fingerprint density at radius 3 is 2.52 bits per heavy atom. The zero-order chi connectivity index (χ0) is 28.5. The van der Waals surface area contributed by atoms with Crippen LogP contribution in [0.3, 0.4) is 0 Å². The molecule has 40 heavy (non-hydrogen) atoms. The molecule has 5 rings (SSSR count). The lowest BCUT2D eigenvalue weighted by Gasteiger charge is -2.60. The van der Waals surface area contributed by atoms with E-state index in [2.05, 4.69) is 48.9 Å². The number of esters is 1. The molecule has 3 atom stereocenters. The maximum absolute atomic E-state index is 14.2. The van der Waals surface area contributed by atoms with E-state index in [-0.39, 0.29) is 23.3 Å². The lowest BCUT2D eigenvalue weighted by molar-refractivity contribution is -0.150. The van der Waals surface area contributed by atoms with Gasteiger partial charge in [-0.05, 0) is 85.8 Å². The normalized spacial score (nSPS) is 25.0. The molecule has 0 spiro atoms. The van der Waals surface area contributed by atoms with E-state index in [1.165, 1.54) is 6.92 Å². The monoisotopic (exact) mass is 542 g/mol. The Hall–Kier alpha value is -3.22. The van der Waals surface area contributed by atoms with Gasteiger partial charge in [-0.2, -0.15) is 0 Å². The minimum Gasteiger partial charge on any atom is -0.427 e. The first-order valence-corrected chi connectivity index (χ1v) is 14.5. The number of carbonyl (C=O) groups excluding carboxylic acids is 2. The molecule has 1 saturated carbocycles. The summed E-state index contributed by atoms with van der Waals surface area (Å²) in [4.78, 5) is 30.5. The predicted molar refractivity (Wildman–Crippen MR) is 159 cm³/mol. The molecule has 3 aromatic rings. The van der Waals surface area contributed by atoms with Crippen LogP contribution in [0.2, 0.25) is 0 Å². The number of likely N-dealkylation sites (N-methyl/N-ethyl adjacent to an activating group) is 1. The molecule has 6 nitrogen and oxygen atoms in total. The molecule has 1 aliphatic heterocycles. The Balaban J connectivity index is 1.56. The van der Waals surface area contributed by atoms with Gasteiger partial charge < -0.3 is 19.3 Å². The van der Waals surface area contributed by atoms with Crippen molar-refractivity contribution in [2.75, 3.05) is 33.8 Å². The smallest absolute Gasteiger partial charge is 0.308 e. The van der Waals surface area contributed by atoms with E-state index >= 15 is 0 Å². The number of benzene rings is 3. The molecule has 2 fully saturated rings. The number of methoxy groups -OCH3 is 1. The molecule has 0 N–H and O–H groups in total. The first-order valence-electron chi connectivity index (χ1n) is 14.5. The molecule has 1 aliphatic carbocycles. The van der Waals surface area contributed by atoms with Gasteiger partial charge in [0.1, 0.15) is 5.75 Å². The topological polar surface area (TPSA) is 59.1 Å². The average molecular weight is 543 g/mol. The van der Waals surface area contributed by atoms with Crippen molar-refractivity contribution >= 4 is 22.6 Å². The molecule has 1 amide bonds. The Morgan fingerprint density at radius 1 is 1.02 bits per heavy atom. The number of carbonyl (C=O) groups is 2. The molecule has 0 radical (unpaired) electrons. The van der Waals surface area contributed by atoms with Gasteiger partial charge in [-0.25, -0.2) is 0 Å². The van der Waals surface area contributed by atoms with Gasteiger partial charge in [0.05, 0.1) is 5.60 Å². The van der Waals surface area contributed by atoms with Crippen LogP contribution in [0.15, 0.2) is 66.7 Å². The van der Waals surface area contributed by atoms with Crippen molar-refractivity contribution in [1.82, 2.24) is 9.80 Å². The van der Waals surface area contributed by atoms with E-state index in [4.69, 9.17) is 9.47 Å². The SMILES string of the molecule is COC12CCC(N(CC(C)C)C(=O)c3ccc4ccccc4c3)CC1(c1cccc(OC(C)=O)c1)CCN(C)C2. The summed E-state index contributed by atoms with van der Waals surface area (Å²) in [6, 6.07) is 22.2. The van der Waals surface area contributed by atoms with Crippen molar-refractivity contribution < 1.29 is 19.1 Å². The highest BCUT2D eigenvalue weighted by Crippen LogP contribution is 2.54. The van der Waals surface area contributed by atoms with Crippen LogP contribution in [0.25, 0.3) is 10.8 Å². The Morgan fingerprint density at radius 2 is 1.80 bits per heavy atom. The summed E-state index contributed by atoms with van der Waals surface area (Å²) in [6.45, 7) is 8.22. The highest BCUT2D eigenvalue weighted by Gasteiger charge is 2.59. The first kappa shape index (κ1) is 28.3.